The standard InChI is InChI=1S/C31H31F2N7O3/c1-5-42-21-14-24(32)23(25(33)15-21)18-40-26-9-7-6-8-22(26)27(39-40)29-35-16-19(17-36-30(41)43-31(2,3)4)28(38-29)37-20-10-12-34-13-11-20/h6-16H,5,17-18H2,1-4H3,(H,36,41)(H,34,35,37,38). The predicted molar refractivity (Wildman–Crippen MR) is 158 cm³/mol. The monoisotopic (exact) mass is 587 g/mol. The van der Waals surface area contributed by atoms with E-state index >= 15 is 0 Å². The second-order valence-corrected chi connectivity index (χ2v) is 10.6. The van der Waals surface area contributed by atoms with Crippen LogP contribution in [0.3, 0.4) is 0 Å². The molecule has 3 heterocycles. The van der Waals surface area contributed by atoms with Crippen LogP contribution in [0, 0.1) is 11.6 Å². The first kappa shape index (κ1) is 29.4. The van der Waals surface area contributed by atoms with Crippen molar-refractivity contribution >= 4 is 28.5 Å². The van der Waals surface area contributed by atoms with Crippen molar-refractivity contribution in [2.24, 2.45) is 0 Å². The molecule has 0 radical (unpaired) electrons. The van der Waals surface area contributed by atoms with Crippen LogP contribution in [-0.4, -0.2) is 43.0 Å². The van der Waals surface area contributed by atoms with Crippen LogP contribution in [0.5, 0.6) is 5.75 Å². The quantitative estimate of drug-likeness (QED) is 0.204. The normalized spacial score (nSPS) is 11.4. The largest absolute Gasteiger partial charge is 0.494 e. The lowest BCUT2D eigenvalue weighted by Crippen LogP contribution is -2.32. The van der Waals surface area contributed by atoms with Gasteiger partial charge in [-0.05, 0) is 45.9 Å². The number of pyridine rings is 1. The molecule has 0 aliphatic rings. The van der Waals surface area contributed by atoms with E-state index < -0.39 is 23.3 Å². The lowest BCUT2D eigenvalue weighted by atomic mass is 10.1. The number of amides is 1. The third kappa shape index (κ3) is 7.03. The summed E-state index contributed by atoms with van der Waals surface area (Å²) >= 11 is 0. The summed E-state index contributed by atoms with van der Waals surface area (Å²) in [5.74, 6) is -0.635. The zero-order valence-corrected chi connectivity index (χ0v) is 24.2. The number of benzene rings is 2. The maximum absolute atomic E-state index is 14.9. The summed E-state index contributed by atoms with van der Waals surface area (Å²) in [5.41, 5.74) is 1.58. The average Bonchev–Trinajstić information content (AvgIpc) is 3.32. The van der Waals surface area contributed by atoms with Gasteiger partial charge in [0.25, 0.3) is 0 Å². The molecule has 0 aliphatic heterocycles. The van der Waals surface area contributed by atoms with Crippen LogP contribution in [0.15, 0.2) is 67.1 Å². The van der Waals surface area contributed by atoms with Gasteiger partial charge < -0.3 is 20.1 Å². The molecule has 5 aromatic rings. The third-order valence-electron chi connectivity index (χ3n) is 6.23. The molecule has 10 nitrogen and oxygen atoms in total. The van der Waals surface area contributed by atoms with Gasteiger partial charge in [-0.25, -0.2) is 23.5 Å². The van der Waals surface area contributed by atoms with Gasteiger partial charge >= 0.3 is 6.09 Å². The minimum absolute atomic E-state index is 0.0914. The van der Waals surface area contributed by atoms with E-state index in [1.165, 1.54) is 16.8 Å². The van der Waals surface area contributed by atoms with Crippen LogP contribution in [-0.2, 0) is 17.8 Å². The number of nitrogens with zero attached hydrogens (tertiary/aromatic N) is 5. The van der Waals surface area contributed by atoms with Crippen LogP contribution in [0.1, 0.15) is 38.8 Å². The molecule has 3 aromatic heterocycles. The van der Waals surface area contributed by atoms with Gasteiger partial charge in [-0.2, -0.15) is 5.10 Å². The van der Waals surface area contributed by atoms with E-state index in [0.717, 1.165) is 5.69 Å². The molecule has 0 bridgehead atoms. The molecule has 222 valence electrons. The smallest absolute Gasteiger partial charge is 0.407 e. The predicted octanol–water partition coefficient (Wildman–Crippen LogP) is 6.38. The fourth-order valence-electron chi connectivity index (χ4n) is 4.36. The van der Waals surface area contributed by atoms with Crippen molar-refractivity contribution in [3.63, 3.8) is 0 Å². The fourth-order valence-corrected chi connectivity index (χ4v) is 4.36. The minimum Gasteiger partial charge on any atom is -0.494 e. The van der Waals surface area contributed by atoms with Crippen molar-refractivity contribution in [3.05, 3.63) is 89.9 Å². The lowest BCUT2D eigenvalue weighted by molar-refractivity contribution is 0.0523. The molecule has 0 saturated heterocycles. The zero-order valence-electron chi connectivity index (χ0n) is 24.2. The summed E-state index contributed by atoms with van der Waals surface area (Å²) in [6, 6.07) is 13.2. The van der Waals surface area contributed by atoms with E-state index in [2.05, 4.69) is 25.7 Å². The molecule has 12 heteroatoms. The Morgan fingerprint density at radius 1 is 1.05 bits per heavy atom. The van der Waals surface area contributed by atoms with Crippen molar-refractivity contribution in [1.82, 2.24) is 30.0 Å². The van der Waals surface area contributed by atoms with E-state index in [-0.39, 0.29) is 30.2 Å². The van der Waals surface area contributed by atoms with Crippen LogP contribution in [0.2, 0.25) is 0 Å². The Hall–Kier alpha value is -5.13. The van der Waals surface area contributed by atoms with Crippen molar-refractivity contribution in [2.45, 2.75) is 46.4 Å². The number of fused-ring (bicyclic) bond motifs is 1. The van der Waals surface area contributed by atoms with Crippen molar-refractivity contribution in [2.75, 3.05) is 11.9 Å². The SMILES string of the molecule is CCOc1cc(F)c(Cn2nc(-c3ncc(CNC(=O)OC(C)(C)C)c(Nc4ccncc4)n3)c3ccccc32)c(F)c1. The number of rotatable bonds is 9. The van der Waals surface area contributed by atoms with Gasteiger partial charge in [0.15, 0.2) is 5.82 Å². The number of carbonyl (C=O) groups excluding carboxylic acids is 1. The minimum atomic E-state index is -0.730. The second kappa shape index (κ2) is 12.4. The number of nitrogens with one attached hydrogen (secondary N) is 2. The number of carbonyl (C=O) groups is 1. The summed E-state index contributed by atoms with van der Waals surface area (Å²) < 4.78 is 42.0. The van der Waals surface area contributed by atoms with Gasteiger partial charge in [0, 0.05) is 52.9 Å². The molecule has 5 rings (SSSR count). The van der Waals surface area contributed by atoms with Crippen molar-refractivity contribution < 1.29 is 23.0 Å². The molecule has 0 unspecified atom stereocenters. The molecule has 43 heavy (non-hydrogen) atoms. The molecule has 2 N–H and O–H groups in total. The molecular formula is C31H31F2N7O3. The Balaban J connectivity index is 1.51. The Morgan fingerprint density at radius 3 is 2.47 bits per heavy atom. The van der Waals surface area contributed by atoms with E-state index in [9.17, 15) is 13.6 Å². The number of aromatic nitrogens is 5. The van der Waals surface area contributed by atoms with Crippen LogP contribution in [0.25, 0.3) is 22.4 Å². The Morgan fingerprint density at radius 2 is 1.77 bits per heavy atom. The number of hydrogen-bond donors (Lipinski definition) is 2. The van der Waals surface area contributed by atoms with Crippen LogP contribution in [0.4, 0.5) is 25.1 Å². The van der Waals surface area contributed by atoms with E-state index in [4.69, 9.17) is 14.5 Å². The summed E-state index contributed by atoms with van der Waals surface area (Å²) in [6.07, 6.45) is 4.28. The molecule has 0 fully saturated rings. The van der Waals surface area contributed by atoms with Gasteiger partial charge in [0.1, 0.15) is 34.5 Å². The Labute approximate surface area is 247 Å². The van der Waals surface area contributed by atoms with Crippen molar-refractivity contribution in [1.29, 1.82) is 0 Å². The highest BCUT2D eigenvalue weighted by molar-refractivity contribution is 5.92. The number of ether oxygens (including phenoxy) is 2. The highest BCUT2D eigenvalue weighted by Crippen LogP contribution is 2.30. The molecule has 0 spiro atoms. The number of alkyl carbamates (subject to hydrolysis) is 1. The number of hydrogen-bond acceptors (Lipinski definition) is 8. The highest BCUT2D eigenvalue weighted by Gasteiger charge is 2.21. The van der Waals surface area contributed by atoms with Gasteiger partial charge in [-0.1, -0.05) is 18.2 Å². The fraction of sp³-hybridized carbons (Fsp3) is 0.258. The summed E-state index contributed by atoms with van der Waals surface area (Å²) in [5, 5.41) is 11.4. The van der Waals surface area contributed by atoms with E-state index in [1.807, 2.05) is 24.3 Å². The van der Waals surface area contributed by atoms with E-state index in [1.54, 1.807) is 58.4 Å². The molecular weight excluding hydrogens is 556 g/mol. The van der Waals surface area contributed by atoms with Crippen LogP contribution >= 0.6 is 0 Å². The number of halogens is 2. The molecule has 0 atom stereocenters. The maximum Gasteiger partial charge on any atom is 0.407 e. The topological polar surface area (TPSA) is 116 Å². The number of para-hydroxylation sites is 1. The first-order valence-corrected chi connectivity index (χ1v) is 13.7. The third-order valence-corrected chi connectivity index (χ3v) is 6.23. The average molecular weight is 588 g/mol. The maximum atomic E-state index is 14.9. The molecule has 0 saturated carbocycles. The lowest BCUT2D eigenvalue weighted by Gasteiger charge is -2.20. The van der Waals surface area contributed by atoms with Crippen LogP contribution < -0.4 is 15.4 Å². The van der Waals surface area contributed by atoms with Gasteiger partial charge in [-0.3, -0.25) is 9.67 Å². The second-order valence-electron chi connectivity index (χ2n) is 10.6. The summed E-state index contributed by atoms with van der Waals surface area (Å²) in [4.78, 5) is 25.7. The first-order chi connectivity index (χ1) is 20.6. The Kier molecular flexibility index (Phi) is 8.46. The molecule has 0 aliphatic carbocycles. The molecule has 1 amide bonds. The van der Waals surface area contributed by atoms with Gasteiger partial charge in [0.05, 0.1) is 25.2 Å². The zero-order chi connectivity index (χ0) is 30.6. The highest BCUT2D eigenvalue weighted by atomic mass is 19.1. The first-order valence-electron chi connectivity index (χ1n) is 13.7. The Bertz CT molecular complexity index is 1730. The van der Waals surface area contributed by atoms with E-state index in [0.29, 0.717) is 34.6 Å². The van der Waals surface area contributed by atoms with Gasteiger partial charge in [-0.15, -0.1) is 0 Å². The number of anilines is 2. The molecule has 2 aromatic carbocycles. The summed E-state index contributed by atoms with van der Waals surface area (Å²) in [7, 11) is 0. The van der Waals surface area contributed by atoms with Crippen molar-refractivity contribution in [3.8, 4) is 17.3 Å². The summed E-state index contributed by atoms with van der Waals surface area (Å²) in [6.45, 7) is 7.30. The van der Waals surface area contributed by atoms with Gasteiger partial charge in [0.2, 0.25) is 0 Å².